The highest BCUT2D eigenvalue weighted by atomic mass is 32.2. The largest absolute Gasteiger partial charge is 0.491 e. The van der Waals surface area contributed by atoms with Gasteiger partial charge in [0.2, 0.25) is 0 Å². The van der Waals surface area contributed by atoms with E-state index in [2.05, 4.69) is 22.9 Å². The molecule has 28 heavy (non-hydrogen) atoms. The van der Waals surface area contributed by atoms with E-state index < -0.39 is 0 Å². The van der Waals surface area contributed by atoms with Crippen molar-refractivity contribution in [3.63, 3.8) is 0 Å². The van der Waals surface area contributed by atoms with Gasteiger partial charge in [0.25, 0.3) is 5.91 Å². The summed E-state index contributed by atoms with van der Waals surface area (Å²) >= 11 is 6.58. The molecule has 1 saturated heterocycles. The van der Waals surface area contributed by atoms with Crippen molar-refractivity contribution >= 4 is 51.2 Å². The number of para-hydroxylation sites is 2. The highest BCUT2D eigenvalue weighted by molar-refractivity contribution is 8.26. The molecule has 6 heteroatoms. The molecule has 3 aromatic rings. The van der Waals surface area contributed by atoms with Gasteiger partial charge in [0, 0.05) is 29.7 Å². The zero-order chi connectivity index (χ0) is 19.7. The molecule has 0 N–H and O–H groups in total. The number of amides is 1. The van der Waals surface area contributed by atoms with Gasteiger partial charge in [-0.05, 0) is 30.7 Å². The number of carbonyl (C=O) groups is 1. The molecule has 4 nitrogen and oxygen atoms in total. The lowest BCUT2D eigenvalue weighted by Crippen LogP contribution is -2.22. The zero-order valence-electron chi connectivity index (χ0n) is 15.7. The van der Waals surface area contributed by atoms with Gasteiger partial charge in [-0.2, -0.15) is 0 Å². The Labute approximate surface area is 173 Å². The maximum Gasteiger partial charge on any atom is 0.265 e. The number of rotatable bonds is 5. The van der Waals surface area contributed by atoms with E-state index in [4.69, 9.17) is 17.0 Å². The van der Waals surface area contributed by atoms with Crippen LogP contribution >= 0.6 is 24.0 Å². The summed E-state index contributed by atoms with van der Waals surface area (Å²) in [4.78, 5) is 14.5. The summed E-state index contributed by atoms with van der Waals surface area (Å²) < 4.78 is 8.72. The van der Waals surface area contributed by atoms with E-state index in [1.54, 1.807) is 7.05 Å². The van der Waals surface area contributed by atoms with Gasteiger partial charge in [0.1, 0.15) is 16.7 Å². The molecule has 142 valence electrons. The van der Waals surface area contributed by atoms with E-state index in [-0.39, 0.29) is 5.91 Å². The van der Waals surface area contributed by atoms with Crippen molar-refractivity contribution in [1.82, 2.24) is 9.47 Å². The van der Waals surface area contributed by atoms with Crippen LogP contribution in [0.4, 0.5) is 0 Å². The topological polar surface area (TPSA) is 34.5 Å². The molecule has 1 amide bonds. The number of benzene rings is 2. The summed E-state index contributed by atoms with van der Waals surface area (Å²) in [5.41, 5.74) is 3.26. The van der Waals surface area contributed by atoms with Crippen molar-refractivity contribution in [1.29, 1.82) is 0 Å². The third-order valence-corrected chi connectivity index (χ3v) is 6.26. The Kier molecular flexibility index (Phi) is 5.24. The van der Waals surface area contributed by atoms with Crippen LogP contribution < -0.4 is 4.74 Å². The fraction of sp³-hybridized carbons (Fsp3) is 0.182. The monoisotopic (exact) mass is 408 g/mol. The first-order valence-electron chi connectivity index (χ1n) is 9.02. The molecule has 0 bridgehead atoms. The molecule has 1 aliphatic rings. The van der Waals surface area contributed by atoms with E-state index in [0.717, 1.165) is 34.3 Å². The third-order valence-electron chi connectivity index (χ3n) is 4.78. The van der Waals surface area contributed by atoms with Gasteiger partial charge in [-0.1, -0.05) is 60.4 Å². The van der Waals surface area contributed by atoms with Gasteiger partial charge < -0.3 is 9.30 Å². The van der Waals surface area contributed by atoms with Crippen molar-refractivity contribution in [2.75, 3.05) is 13.7 Å². The number of thiocarbonyl (C=S) groups is 1. The molecule has 1 aliphatic heterocycles. The predicted octanol–water partition coefficient (Wildman–Crippen LogP) is 4.86. The highest BCUT2D eigenvalue weighted by Gasteiger charge is 2.29. The number of hydrogen-bond acceptors (Lipinski definition) is 4. The number of ether oxygens (including phenoxy) is 1. The minimum atomic E-state index is -0.0466. The summed E-state index contributed by atoms with van der Waals surface area (Å²) in [6, 6.07) is 16.2. The first-order valence-corrected chi connectivity index (χ1v) is 10.2. The SMILES string of the molecule is Cc1ccccc1OCCn1cc(/C=C2/SC(=S)N(C)C2=O)c2ccccc21. The van der Waals surface area contributed by atoms with E-state index in [1.807, 2.05) is 49.4 Å². The van der Waals surface area contributed by atoms with Crippen molar-refractivity contribution in [3.8, 4) is 5.75 Å². The van der Waals surface area contributed by atoms with Gasteiger partial charge in [-0.25, -0.2) is 0 Å². The maximum atomic E-state index is 12.3. The van der Waals surface area contributed by atoms with Crippen molar-refractivity contribution in [2.24, 2.45) is 0 Å². The van der Waals surface area contributed by atoms with Crippen molar-refractivity contribution in [2.45, 2.75) is 13.5 Å². The lowest BCUT2D eigenvalue weighted by atomic mass is 10.1. The molecule has 2 aromatic carbocycles. The molecule has 0 atom stereocenters. The number of thioether (sulfide) groups is 1. The Morgan fingerprint density at radius 1 is 1.14 bits per heavy atom. The number of nitrogens with zero attached hydrogens (tertiary/aromatic N) is 2. The quantitative estimate of drug-likeness (QED) is 0.446. The molecule has 0 saturated carbocycles. The lowest BCUT2D eigenvalue weighted by Gasteiger charge is -2.10. The van der Waals surface area contributed by atoms with E-state index in [0.29, 0.717) is 15.8 Å². The van der Waals surface area contributed by atoms with E-state index in [9.17, 15) is 4.79 Å². The van der Waals surface area contributed by atoms with Gasteiger partial charge in [-0.15, -0.1) is 0 Å². The smallest absolute Gasteiger partial charge is 0.265 e. The fourth-order valence-electron chi connectivity index (χ4n) is 3.23. The van der Waals surface area contributed by atoms with E-state index in [1.165, 1.54) is 16.7 Å². The Bertz CT molecular complexity index is 1100. The van der Waals surface area contributed by atoms with Gasteiger partial charge >= 0.3 is 0 Å². The van der Waals surface area contributed by atoms with Crippen LogP contribution in [0.2, 0.25) is 0 Å². The number of hydrogen-bond donors (Lipinski definition) is 0. The van der Waals surface area contributed by atoms with Gasteiger partial charge in [-0.3, -0.25) is 9.69 Å². The van der Waals surface area contributed by atoms with Crippen LogP contribution in [0.5, 0.6) is 5.75 Å². The van der Waals surface area contributed by atoms with E-state index >= 15 is 0 Å². The van der Waals surface area contributed by atoms with Gasteiger partial charge in [0.05, 0.1) is 11.4 Å². The average molecular weight is 409 g/mol. The molecule has 0 unspecified atom stereocenters. The fourth-order valence-corrected chi connectivity index (χ4v) is 4.40. The minimum Gasteiger partial charge on any atom is -0.491 e. The first-order chi connectivity index (χ1) is 13.5. The van der Waals surface area contributed by atoms with Crippen LogP contribution in [0, 0.1) is 6.92 Å². The summed E-state index contributed by atoms with van der Waals surface area (Å²) in [7, 11) is 1.71. The Morgan fingerprint density at radius 2 is 1.89 bits per heavy atom. The second-order valence-corrected chi connectivity index (χ2v) is 8.33. The Hall–Kier alpha value is -2.57. The molecule has 2 heterocycles. The summed E-state index contributed by atoms with van der Waals surface area (Å²) in [5.74, 6) is 0.862. The number of fused-ring (bicyclic) bond motifs is 1. The molecule has 1 fully saturated rings. The summed E-state index contributed by atoms with van der Waals surface area (Å²) in [6.07, 6.45) is 4.01. The predicted molar refractivity (Wildman–Crippen MR) is 120 cm³/mol. The van der Waals surface area contributed by atoms with Crippen LogP contribution in [-0.2, 0) is 11.3 Å². The number of aryl methyl sites for hydroxylation is 1. The minimum absolute atomic E-state index is 0.0466. The van der Waals surface area contributed by atoms with Gasteiger partial charge in [0.15, 0.2) is 0 Å². The molecule has 1 aromatic heterocycles. The normalized spacial score (nSPS) is 15.8. The second kappa shape index (κ2) is 7.81. The number of likely N-dealkylation sites (N-methyl/N-ethyl adjacent to an activating group) is 1. The van der Waals surface area contributed by atoms with Crippen LogP contribution in [0.25, 0.3) is 17.0 Å². The van der Waals surface area contributed by atoms with Crippen molar-refractivity contribution < 1.29 is 9.53 Å². The zero-order valence-corrected chi connectivity index (χ0v) is 17.3. The first kappa shape index (κ1) is 18.8. The van der Waals surface area contributed by atoms with Crippen LogP contribution in [0.15, 0.2) is 59.6 Å². The summed E-state index contributed by atoms with van der Waals surface area (Å²) in [6.45, 7) is 3.33. The molecular formula is C22H20N2O2S2. The average Bonchev–Trinajstić information content (AvgIpc) is 3.16. The second-order valence-electron chi connectivity index (χ2n) is 6.65. The third kappa shape index (κ3) is 3.57. The molecule has 0 aliphatic carbocycles. The van der Waals surface area contributed by atoms with Crippen molar-refractivity contribution in [3.05, 3.63) is 70.8 Å². The standard InChI is InChI=1S/C22H20N2O2S2/c1-15-7-3-6-10-19(15)26-12-11-24-14-16(17-8-4-5-9-18(17)24)13-20-21(25)23(2)22(27)28-20/h3-10,13-14H,11-12H2,1-2H3/b20-13+. The Morgan fingerprint density at radius 3 is 2.64 bits per heavy atom. The molecule has 0 radical (unpaired) electrons. The molecule has 0 spiro atoms. The number of carbonyl (C=O) groups excluding carboxylic acids is 1. The summed E-state index contributed by atoms with van der Waals surface area (Å²) in [5, 5.41) is 1.11. The molecular weight excluding hydrogens is 388 g/mol. The number of aromatic nitrogens is 1. The lowest BCUT2D eigenvalue weighted by molar-refractivity contribution is -0.121. The Balaban J connectivity index is 1.59. The van der Waals surface area contributed by atoms with Crippen LogP contribution in [0.3, 0.4) is 0 Å². The molecule has 4 rings (SSSR count). The maximum absolute atomic E-state index is 12.3. The van der Waals surface area contributed by atoms with Crippen LogP contribution in [-0.4, -0.2) is 33.3 Å². The highest BCUT2D eigenvalue weighted by Crippen LogP contribution is 2.33. The van der Waals surface area contributed by atoms with Crippen LogP contribution in [0.1, 0.15) is 11.1 Å².